The van der Waals surface area contributed by atoms with E-state index in [1.807, 2.05) is 0 Å². The molecule has 2 saturated carbocycles. The monoisotopic (exact) mass is 336 g/mol. The van der Waals surface area contributed by atoms with Crippen LogP contribution in [0.25, 0.3) is 0 Å². The highest BCUT2D eigenvalue weighted by Crippen LogP contribution is 2.47. The van der Waals surface area contributed by atoms with Crippen LogP contribution in [0.3, 0.4) is 0 Å². The van der Waals surface area contributed by atoms with Crippen LogP contribution in [0, 0.1) is 10.8 Å². The molecule has 3 aliphatic rings. The van der Waals surface area contributed by atoms with Crippen molar-refractivity contribution in [3.05, 3.63) is 0 Å². The van der Waals surface area contributed by atoms with E-state index in [2.05, 4.69) is 37.5 Å². The van der Waals surface area contributed by atoms with E-state index in [9.17, 15) is 5.11 Å². The molecule has 1 aliphatic heterocycles. The number of piperazine rings is 1. The van der Waals surface area contributed by atoms with E-state index in [-0.39, 0.29) is 0 Å². The van der Waals surface area contributed by atoms with Gasteiger partial charge in [0.05, 0.1) is 0 Å². The van der Waals surface area contributed by atoms with Gasteiger partial charge in [-0.2, -0.15) is 0 Å². The molecule has 3 heteroatoms. The highest BCUT2D eigenvalue weighted by Gasteiger charge is 2.42. The molecule has 0 amide bonds. The van der Waals surface area contributed by atoms with E-state index in [1.54, 1.807) is 0 Å². The van der Waals surface area contributed by atoms with Crippen LogP contribution in [-0.4, -0.2) is 59.3 Å². The Hall–Kier alpha value is -0.120. The third-order valence-corrected chi connectivity index (χ3v) is 6.87. The Morgan fingerprint density at radius 2 is 1.54 bits per heavy atom. The SMILES string of the molecule is CC1(C)CC(N2CCN(C3CCCC3)C(CCO)C2)CC(C)(C)C1. The number of hydrogen-bond donors (Lipinski definition) is 1. The molecule has 3 rings (SSSR count). The number of aliphatic hydroxyl groups excluding tert-OH is 1. The van der Waals surface area contributed by atoms with Gasteiger partial charge in [-0.25, -0.2) is 0 Å². The molecule has 0 aromatic carbocycles. The smallest absolute Gasteiger partial charge is 0.0446 e. The lowest BCUT2D eigenvalue weighted by Crippen LogP contribution is -2.60. The van der Waals surface area contributed by atoms with Gasteiger partial charge in [-0.05, 0) is 49.4 Å². The Morgan fingerprint density at radius 3 is 2.12 bits per heavy atom. The second kappa shape index (κ2) is 7.25. The Bertz CT molecular complexity index is 398. The highest BCUT2D eigenvalue weighted by atomic mass is 16.3. The van der Waals surface area contributed by atoms with Crippen LogP contribution in [0.2, 0.25) is 0 Å². The second-order valence-corrected chi connectivity index (χ2v) is 10.4. The van der Waals surface area contributed by atoms with Gasteiger partial charge in [-0.1, -0.05) is 40.5 Å². The summed E-state index contributed by atoms with van der Waals surface area (Å²) in [6.45, 7) is 13.8. The van der Waals surface area contributed by atoms with Crippen molar-refractivity contribution in [1.29, 1.82) is 0 Å². The van der Waals surface area contributed by atoms with Crippen molar-refractivity contribution in [3.63, 3.8) is 0 Å². The average molecular weight is 337 g/mol. The first-order valence-corrected chi connectivity index (χ1v) is 10.4. The van der Waals surface area contributed by atoms with E-state index >= 15 is 0 Å². The second-order valence-electron chi connectivity index (χ2n) is 10.4. The number of aliphatic hydroxyl groups is 1. The zero-order valence-corrected chi connectivity index (χ0v) is 16.6. The van der Waals surface area contributed by atoms with Gasteiger partial charge in [0.25, 0.3) is 0 Å². The van der Waals surface area contributed by atoms with Gasteiger partial charge in [0, 0.05) is 44.4 Å². The van der Waals surface area contributed by atoms with E-state index in [0.29, 0.717) is 23.5 Å². The van der Waals surface area contributed by atoms with E-state index in [0.717, 1.165) is 18.5 Å². The van der Waals surface area contributed by atoms with Crippen molar-refractivity contribution in [2.24, 2.45) is 10.8 Å². The fourth-order valence-electron chi connectivity index (χ4n) is 6.39. The van der Waals surface area contributed by atoms with Crippen LogP contribution >= 0.6 is 0 Å². The molecule has 1 atom stereocenters. The molecule has 0 aromatic heterocycles. The van der Waals surface area contributed by atoms with Crippen LogP contribution in [0.4, 0.5) is 0 Å². The summed E-state index contributed by atoms with van der Waals surface area (Å²) >= 11 is 0. The van der Waals surface area contributed by atoms with Crippen LogP contribution in [0.15, 0.2) is 0 Å². The first kappa shape index (κ1) is 18.7. The van der Waals surface area contributed by atoms with Crippen LogP contribution in [0.1, 0.15) is 79.1 Å². The number of nitrogens with zero attached hydrogens (tertiary/aromatic N) is 2. The van der Waals surface area contributed by atoms with E-state index < -0.39 is 0 Å². The summed E-state index contributed by atoms with van der Waals surface area (Å²) < 4.78 is 0. The molecule has 3 nitrogen and oxygen atoms in total. The van der Waals surface area contributed by atoms with Crippen molar-refractivity contribution in [2.75, 3.05) is 26.2 Å². The number of hydrogen-bond acceptors (Lipinski definition) is 3. The van der Waals surface area contributed by atoms with Gasteiger partial charge >= 0.3 is 0 Å². The Morgan fingerprint density at radius 1 is 0.917 bits per heavy atom. The average Bonchev–Trinajstić information content (AvgIpc) is 2.98. The normalized spacial score (nSPS) is 33.1. The van der Waals surface area contributed by atoms with Gasteiger partial charge < -0.3 is 5.11 Å². The van der Waals surface area contributed by atoms with Gasteiger partial charge in [-0.3, -0.25) is 9.80 Å². The molecule has 0 bridgehead atoms. The van der Waals surface area contributed by atoms with Crippen molar-refractivity contribution in [3.8, 4) is 0 Å². The molecule has 1 N–H and O–H groups in total. The number of rotatable bonds is 4. The first-order chi connectivity index (χ1) is 11.3. The molecule has 1 saturated heterocycles. The molecular weight excluding hydrogens is 296 g/mol. The third-order valence-electron chi connectivity index (χ3n) is 6.87. The predicted octanol–water partition coefficient (Wildman–Crippen LogP) is 3.90. The van der Waals surface area contributed by atoms with Crippen molar-refractivity contribution in [2.45, 2.75) is 97.2 Å². The Balaban J connectivity index is 1.67. The topological polar surface area (TPSA) is 26.7 Å². The Labute approximate surface area is 149 Å². The molecule has 1 unspecified atom stereocenters. The molecule has 24 heavy (non-hydrogen) atoms. The summed E-state index contributed by atoms with van der Waals surface area (Å²) in [4.78, 5) is 5.55. The fourth-order valence-corrected chi connectivity index (χ4v) is 6.39. The third kappa shape index (κ3) is 4.34. The summed E-state index contributed by atoms with van der Waals surface area (Å²) in [6, 6.07) is 2.10. The summed E-state index contributed by atoms with van der Waals surface area (Å²) in [5.41, 5.74) is 0.920. The molecular formula is C21H40N2O. The van der Waals surface area contributed by atoms with E-state index in [1.165, 1.54) is 64.6 Å². The van der Waals surface area contributed by atoms with E-state index in [4.69, 9.17) is 0 Å². The summed E-state index contributed by atoms with van der Waals surface area (Å²) in [7, 11) is 0. The van der Waals surface area contributed by atoms with Gasteiger partial charge in [-0.15, -0.1) is 0 Å². The summed E-state index contributed by atoms with van der Waals surface area (Å²) in [6.07, 6.45) is 10.5. The lowest BCUT2D eigenvalue weighted by molar-refractivity contribution is -0.0314. The Kier molecular flexibility index (Phi) is 5.64. The lowest BCUT2D eigenvalue weighted by atomic mass is 9.63. The molecule has 0 aromatic rings. The zero-order valence-electron chi connectivity index (χ0n) is 16.6. The predicted molar refractivity (Wildman–Crippen MR) is 101 cm³/mol. The molecule has 2 aliphatic carbocycles. The van der Waals surface area contributed by atoms with Crippen molar-refractivity contribution in [1.82, 2.24) is 9.80 Å². The van der Waals surface area contributed by atoms with Gasteiger partial charge in [0.2, 0.25) is 0 Å². The van der Waals surface area contributed by atoms with Gasteiger partial charge in [0.15, 0.2) is 0 Å². The van der Waals surface area contributed by atoms with Crippen molar-refractivity contribution < 1.29 is 5.11 Å². The quantitative estimate of drug-likeness (QED) is 0.843. The standard InChI is InChI=1S/C21H40N2O/c1-20(2)13-19(14-21(3,4)16-20)22-10-11-23(17-7-5-6-8-17)18(15-22)9-12-24/h17-19,24H,5-16H2,1-4H3. The maximum absolute atomic E-state index is 9.60. The maximum atomic E-state index is 9.60. The van der Waals surface area contributed by atoms with Crippen LogP contribution < -0.4 is 0 Å². The fraction of sp³-hybridized carbons (Fsp3) is 1.00. The molecule has 1 heterocycles. The maximum Gasteiger partial charge on any atom is 0.0446 e. The molecule has 0 radical (unpaired) electrons. The molecule has 140 valence electrons. The van der Waals surface area contributed by atoms with Crippen molar-refractivity contribution >= 4 is 0 Å². The first-order valence-electron chi connectivity index (χ1n) is 10.4. The lowest BCUT2D eigenvalue weighted by Gasteiger charge is -2.52. The van der Waals surface area contributed by atoms with Gasteiger partial charge in [0.1, 0.15) is 0 Å². The highest BCUT2D eigenvalue weighted by molar-refractivity contribution is 4.97. The van der Waals surface area contributed by atoms with Crippen LogP contribution in [-0.2, 0) is 0 Å². The summed E-state index contributed by atoms with van der Waals surface area (Å²) in [5.74, 6) is 0. The minimum absolute atomic E-state index is 0.337. The minimum Gasteiger partial charge on any atom is -0.396 e. The molecule has 3 fully saturated rings. The minimum atomic E-state index is 0.337. The van der Waals surface area contributed by atoms with Crippen LogP contribution in [0.5, 0.6) is 0 Å². The zero-order chi connectivity index (χ0) is 17.4. The summed E-state index contributed by atoms with van der Waals surface area (Å²) in [5, 5.41) is 9.60. The molecule has 0 spiro atoms. The largest absolute Gasteiger partial charge is 0.396 e.